The van der Waals surface area contributed by atoms with Gasteiger partial charge < -0.3 is 10.1 Å². The highest BCUT2D eigenvalue weighted by Crippen LogP contribution is 2.02. The third-order valence-corrected chi connectivity index (χ3v) is 1.38. The van der Waals surface area contributed by atoms with Crippen LogP contribution in [-0.4, -0.2) is 18.2 Å². The highest BCUT2D eigenvalue weighted by Gasteiger charge is 2.18. The van der Waals surface area contributed by atoms with E-state index in [1.165, 1.54) is 0 Å². The van der Waals surface area contributed by atoms with E-state index < -0.39 is 5.54 Å². The summed E-state index contributed by atoms with van der Waals surface area (Å²) in [6, 6.07) is 0. The molecule has 1 amide bonds. The van der Waals surface area contributed by atoms with Crippen LogP contribution < -0.4 is 5.32 Å². The van der Waals surface area contributed by atoms with Gasteiger partial charge in [0.2, 0.25) is 6.41 Å². The van der Waals surface area contributed by atoms with Crippen LogP contribution in [0.25, 0.3) is 0 Å². The molecule has 0 saturated heterocycles. The van der Waals surface area contributed by atoms with Crippen LogP contribution in [0.15, 0.2) is 0 Å². The van der Waals surface area contributed by atoms with Crippen molar-refractivity contribution in [3.63, 3.8) is 0 Å². The number of rotatable bonds is 4. The maximum atomic E-state index is 10.2. The zero-order chi connectivity index (χ0) is 7.33. The maximum Gasteiger partial charge on any atom is 0.207 e. The van der Waals surface area contributed by atoms with Crippen molar-refractivity contribution < 1.29 is 9.59 Å². The summed E-state index contributed by atoms with van der Waals surface area (Å²) in [4.78, 5) is 20.1. The molecule has 0 fully saturated rings. The minimum absolute atomic E-state index is 0.540. The lowest BCUT2D eigenvalue weighted by molar-refractivity contribution is -0.118. The van der Waals surface area contributed by atoms with Gasteiger partial charge in [-0.3, -0.25) is 4.79 Å². The standard InChI is InChI=1S/C6H11NO2/c1-3-6(2,4-8)7-5-9/h4-5H,3H2,1-2H3,(H,7,9)/t6-/m0/s1. The quantitative estimate of drug-likeness (QED) is 0.547. The Morgan fingerprint density at radius 1 is 1.56 bits per heavy atom. The minimum atomic E-state index is -0.665. The molecule has 1 atom stereocenters. The molecular weight excluding hydrogens is 118 g/mol. The number of carbonyl (C=O) groups is 2. The number of hydrogen-bond acceptors (Lipinski definition) is 2. The van der Waals surface area contributed by atoms with E-state index in [0.29, 0.717) is 12.8 Å². The van der Waals surface area contributed by atoms with E-state index in [1.54, 1.807) is 6.92 Å². The fourth-order valence-corrected chi connectivity index (χ4v) is 0.354. The average molecular weight is 129 g/mol. The lowest BCUT2D eigenvalue weighted by Gasteiger charge is -2.18. The van der Waals surface area contributed by atoms with E-state index >= 15 is 0 Å². The highest BCUT2D eigenvalue weighted by atomic mass is 16.1. The molecule has 0 aliphatic heterocycles. The Balaban J connectivity index is 3.90. The molecule has 0 bridgehead atoms. The van der Waals surface area contributed by atoms with Crippen molar-refractivity contribution in [1.29, 1.82) is 0 Å². The third-order valence-electron chi connectivity index (χ3n) is 1.38. The Hall–Kier alpha value is -0.860. The van der Waals surface area contributed by atoms with Crippen LogP contribution in [0.2, 0.25) is 0 Å². The van der Waals surface area contributed by atoms with Gasteiger partial charge in [0.25, 0.3) is 0 Å². The lowest BCUT2D eigenvalue weighted by Crippen LogP contribution is -2.42. The molecule has 0 aromatic carbocycles. The Kier molecular flexibility index (Phi) is 2.91. The fraction of sp³-hybridized carbons (Fsp3) is 0.667. The van der Waals surface area contributed by atoms with Gasteiger partial charge in [0, 0.05) is 0 Å². The van der Waals surface area contributed by atoms with E-state index in [4.69, 9.17) is 0 Å². The van der Waals surface area contributed by atoms with E-state index in [-0.39, 0.29) is 0 Å². The Morgan fingerprint density at radius 2 is 2.11 bits per heavy atom. The summed E-state index contributed by atoms with van der Waals surface area (Å²) < 4.78 is 0. The molecule has 3 heteroatoms. The normalized spacial score (nSPS) is 15.8. The van der Waals surface area contributed by atoms with Crippen molar-refractivity contribution >= 4 is 12.7 Å². The molecule has 3 nitrogen and oxygen atoms in total. The van der Waals surface area contributed by atoms with Gasteiger partial charge in [-0.15, -0.1) is 0 Å². The summed E-state index contributed by atoms with van der Waals surface area (Å²) in [5, 5.41) is 2.41. The molecule has 0 aromatic rings. The summed E-state index contributed by atoms with van der Waals surface area (Å²) in [6.45, 7) is 3.51. The fourth-order valence-electron chi connectivity index (χ4n) is 0.354. The molecule has 0 aliphatic carbocycles. The average Bonchev–Trinajstić information content (AvgIpc) is 1.89. The number of aldehydes is 1. The van der Waals surface area contributed by atoms with Gasteiger partial charge in [-0.25, -0.2) is 0 Å². The number of hydrogen-bond donors (Lipinski definition) is 1. The van der Waals surface area contributed by atoms with Crippen LogP contribution in [0.4, 0.5) is 0 Å². The molecule has 0 radical (unpaired) electrons. The van der Waals surface area contributed by atoms with Gasteiger partial charge >= 0.3 is 0 Å². The Bertz CT molecular complexity index is 114. The van der Waals surface area contributed by atoms with E-state index in [2.05, 4.69) is 5.32 Å². The zero-order valence-electron chi connectivity index (χ0n) is 5.68. The predicted octanol–water partition coefficient (Wildman–Crippen LogP) is 0.1000. The summed E-state index contributed by atoms with van der Waals surface area (Å²) >= 11 is 0. The molecule has 1 N–H and O–H groups in total. The molecule has 0 aromatic heterocycles. The van der Waals surface area contributed by atoms with Crippen LogP contribution in [0.1, 0.15) is 20.3 Å². The van der Waals surface area contributed by atoms with Gasteiger partial charge in [0.05, 0.1) is 5.54 Å². The predicted molar refractivity (Wildman–Crippen MR) is 34.0 cm³/mol. The van der Waals surface area contributed by atoms with Gasteiger partial charge in [-0.2, -0.15) is 0 Å². The molecule has 0 rings (SSSR count). The minimum Gasteiger partial charge on any atom is -0.347 e. The van der Waals surface area contributed by atoms with Crippen molar-refractivity contribution in [2.45, 2.75) is 25.8 Å². The summed E-state index contributed by atoms with van der Waals surface area (Å²) in [6.07, 6.45) is 1.90. The number of carbonyl (C=O) groups excluding carboxylic acids is 2. The first-order valence-electron chi connectivity index (χ1n) is 2.86. The van der Waals surface area contributed by atoms with Crippen LogP contribution in [-0.2, 0) is 9.59 Å². The number of amides is 1. The smallest absolute Gasteiger partial charge is 0.207 e. The van der Waals surface area contributed by atoms with Crippen molar-refractivity contribution in [2.24, 2.45) is 0 Å². The summed E-state index contributed by atoms with van der Waals surface area (Å²) in [7, 11) is 0. The maximum absolute atomic E-state index is 10.2. The monoisotopic (exact) mass is 129 g/mol. The zero-order valence-corrected chi connectivity index (χ0v) is 5.68. The molecule has 0 unspecified atom stereocenters. The number of nitrogens with one attached hydrogen (secondary N) is 1. The molecule has 0 spiro atoms. The van der Waals surface area contributed by atoms with Crippen molar-refractivity contribution in [1.82, 2.24) is 5.32 Å². The molecule has 0 saturated carbocycles. The Morgan fingerprint density at radius 3 is 2.22 bits per heavy atom. The molecular formula is C6H11NO2. The third kappa shape index (κ3) is 2.26. The SMILES string of the molecule is CC[C@@](C)(C=O)NC=O. The van der Waals surface area contributed by atoms with Gasteiger partial charge in [-0.05, 0) is 13.3 Å². The first kappa shape index (κ1) is 8.14. The van der Waals surface area contributed by atoms with E-state index in [9.17, 15) is 9.59 Å². The molecule has 0 heterocycles. The second-order valence-corrected chi connectivity index (χ2v) is 2.15. The molecule has 9 heavy (non-hydrogen) atoms. The topological polar surface area (TPSA) is 46.2 Å². The van der Waals surface area contributed by atoms with Crippen molar-refractivity contribution in [3.8, 4) is 0 Å². The van der Waals surface area contributed by atoms with Crippen LogP contribution in [0.5, 0.6) is 0 Å². The Labute approximate surface area is 54.4 Å². The summed E-state index contributed by atoms with van der Waals surface area (Å²) in [5.41, 5.74) is -0.665. The lowest BCUT2D eigenvalue weighted by atomic mass is 10.0. The second kappa shape index (κ2) is 3.22. The van der Waals surface area contributed by atoms with Gasteiger partial charge in [0.15, 0.2) is 0 Å². The largest absolute Gasteiger partial charge is 0.347 e. The van der Waals surface area contributed by atoms with Crippen LogP contribution >= 0.6 is 0 Å². The second-order valence-electron chi connectivity index (χ2n) is 2.15. The molecule has 0 aliphatic rings. The molecule has 52 valence electrons. The van der Waals surface area contributed by atoms with E-state index in [0.717, 1.165) is 6.29 Å². The van der Waals surface area contributed by atoms with Crippen molar-refractivity contribution in [3.05, 3.63) is 0 Å². The van der Waals surface area contributed by atoms with Crippen LogP contribution in [0, 0.1) is 0 Å². The first-order valence-corrected chi connectivity index (χ1v) is 2.86. The van der Waals surface area contributed by atoms with Crippen molar-refractivity contribution in [2.75, 3.05) is 0 Å². The van der Waals surface area contributed by atoms with Gasteiger partial charge in [-0.1, -0.05) is 6.92 Å². The van der Waals surface area contributed by atoms with Gasteiger partial charge in [0.1, 0.15) is 6.29 Å². The summed E-state index contributed by atoms with van der Waals surface area (Å²) in [5.74, 6) is 0. The highest BCUT2D eigenvalue weighted by molar-refractivity contribution is 5.68. The van der Waals surface area contributed by atoms with Crippen LogP contribution in [0.3, 0.4) is 0 Å². The van der Waals surface area contributed by atoms with E-state index in [1.807, 2.05) is 6.92 Å². The first-order chi connectivity index (χ1) is 4.18.